The minimum absolute atomic E-state index is 0.0275. The van der Waals surface area contributed by atoms with E-state index >= 15 is 0 Å². The summed E-state index contributed by atoms with van der Waals surface area (Å²) in [6.07, 6.45) is 8.24. The molecule has 3 fully saturated rings. The molecular weight excluding hydrogens is 256 g/mol. The highest BCUT2D eigenvalue weighted by molar-refractivity contribution is 5.77. The zero-order chi connectivity index (χ0) is 14.1. The Balaban J connectivity index is 1.75. The number of carbonyl (C=O) groups is 1. The molecular formula is C16H26O4. The second-order valence-electron chi connectivity index (χ2n) is 6.47. The zero-order valence-corrected chi connectivity index (χ0v) is 12.5. The summed E-state index contributed by atoms with van der Waals surface area (Å²) in [4.78, 5) is 12.6. The fraction of sp³-hybridized carbons (Fsp3) is 0.938. The lowest BCUT2D eigenvalue weighted by Gasteiger charge is -2.45. The number of esters is 1. The van der Waals surface area contributed by atoms with Crippen molar-refractivity contribution in [1.82, 2.24) is 0 Å². The Hall–Kier alpha value is -0.610. The van der Waals surface area contributed by atoms with E-state index in [1.165, 1.54) is 25.7 Å². The maximum atomic E-state index is 12.6. The quantitative estimate of drug-likeness (QED) is 0.746. The molecule has 0 N–H and O–H groups in total. The molecule has 1 aliphatic heterocycles. The van der Waals surface area contributed by atoms with Gasteiger partial charge in [-0.15, -0.1) is 0 Å². The van der Waals surface area contributed by atoms with Gasteiger partial charge < -0.3 is 14.2 Å². The second-order valence-corrected chi connectivity index (χ2v) is 6.47. The summed E-state index contributed by atoms with van der Waals surface area (Å²) in [5.74, 6) is 0.134. The Morgan fingerprint density at radius 1 is 1.10 bits per heavy atom. The Morgan fingerprint density at radius 2 is 1.70 bits per heavy atom. The minimum atomic E-state index is -0.394. The summed E-state index contributed by atoms with van der Waals surface area (Å²) in [6.45, 7) is 3.75. The van der Waals surface area contributed by atoms with Crippen LogP contribution in [0.15, 0.2) is 0 Å². The number of carbonyl (C=O) groups excluding carboxylic acids is 1. The molecule has 0 aromatic heterocycles. The van der Waals surface area contributed by atoms with Crippen molar-refractivity contribution >= 4 is 5.97 Å². The van der Waals surface area contributed by atoms with E-state index in [0.717, 1.165) is 25.7 Å². The van der Waals surface area contributed by atoms with E-state index in [0.29, 0.717) is 25.7 Å². The fourth-order valence-corrected chi connectivity index (χ4v) is 4.39. The Bertz CT molecular complexity index is 343. The summed E-state index contributed by atoms with van der Waals surface area (Å²) in [5, 5.41) is 0. The fourth-order valence-electron chi connectivity index (χ4n) is 4.39. The molecule has 2 aliphatic carbocycles. The molecule has 1 saturated heterocycles. The van der Waals surface area contributed by atoms with E-state index in [1.54, 1.807) is 0 Å². The summed E-state index contributed by atoms with van der Waals surface area (Å²) in [5.41, 5.74) is -0.271. The first-order valence-corrected chi connectivity index (χ1v) is 8.16. The smallest absolute Gasteiger partial charge is 0.312 e. The van der Waals surface area contributed by atoms with Crippen LogP contribution in [0.3, 0.4) is 0 Å². The van der Waals surface area contributed by atoms with Gasteiger partial charge in [-0.3, -0.25) is 4.79 Å². The maximum absolute atomic E-state index is 12.6. The van der Waals surface area contributed by atoms with Gasteiger partial charge >= 0.3 is 5.97 Å². The van der Waals surface area contributed by atoms with Gasteiger partial charge in [0, 0.05) is 12.8 Å². The molecule has 3 aliphatic rings. The van der Waals surface area contributed by atoms with E-state index in [4.69, 9.17) is 14.2 Å². The molecule has 0 aromatic carbocycles. The first-order chi connectivity index (χ1) is 9.71. The lowest BCUT2D eigenvalue weighted by atomic mass is 9.63. The molecule has 1 spiro atoms. The summed E-state index contributed by atoms with van der Waals surface area (Å²) in [7, 11) is 0. The molecule has 0 unspecified atom stereocenters. The summed E-state index contributed by atoms with van der Waals surface area (Å²) in [6, 6.07) is 0. The topological polar surface area (TPSA) is 44.8 Å². The van der Waals surface area contributed by atoms with Gasteiger partial charge in [0.15, 0.2) is 5.79 Å². The van der Waals surface area contributed by atoms with E-state index in [1.807, 2.05) is 6.92 Å². The van der Waals surface area contributed by atoms with Crippen LogP contribution in [0.25, 0.3) is 0 Å². The van der Waals surface area contributed by atoms with Crippen molar-refractivity contribution in [3.05, 3.63) is 0 Å². The third kappa shape index (κ3) is 2.37. The number of hydrogen-bond donors (Lipinski definition) is 0. The third-order valence-electron chi connectivity index (χ3n) is 5.54. The number of ether oxygens (including phenoxy) is 3. The molecule has 114 valence electrons. The van der Waals surface area contributed by atoms with Crippen molar-refractivity contribution in [3.63, 3.8) is 0 Å². The van der Waals surface area contributed by atoms with Crippen LogP contribution in [0.5, 0.6) is 0 Å². The molecule has 0 bridgehead atoms. The predicted octanol–water partition coefficient (Wildman–Crippen LogP) is 3.04. The molecule has 3 rings (SSSR count). The average Bonchev–Trinajstić information content (AvgIpc) is 3.13. The largest absolute Gasteiger partial charge is 0.466 e. The standard InChI is InChI=1S/C16H26O4/c1-2-18-14(17)15(13-5-3-4-6-13)7-9-16(10-8-15)19-11-12-20-16/h13H,2-12H2,1H3. The van der Waals surface area contributed by atoms with Crippen molar-refractivity contribution in [2.75, 3.05) is 19.8 Å². The lowest BCUT2D eigenvalue weighted by molar-refractivity contribution is -0.204. The second kappa shape index (κ2) is 5.64. The first kappa shape index (κ1) is 14.3. The van der Waals surface area contributed by atoms with Crippen LogP contribution in [-0.4, -0.2) is 31.6 Å². The molecule has 4 nitrogen and oxygen atoms in total. The van der Waals surface area contributed by atoms with Crippen LogP contribution < -0.4 is 0 Å². The normalized spacial score (nSPS) is 28.9. The minimum Gasteiger partial charge on any atom is -0.466 e. The molecule has 0 amide bonds. The van der Waals surface area contributed by atoms with Gasteiger partial charge in [-0.05, 0) is 38.5 Å². The zero-order valence-electron chi connectivity index (χ0n) is 12.5. The van der Waals surface area contributed by atoms with Gasteiger partial charge in [-0.1, -0.05) is 12.8 Å². The van der Waals surface area contributed by atoms with E-state index in [9.17, 15) is 4.79 Å². The molecule has 0 atom stereocenters. The van der Waals surface area contributed by atoms with Gasteiger partial charge in [0.2, 0.25) is 0 Å². The Morgan fingerprint density at radius 3 is 2.25 bits per heavy atom. The van der Waals surface area contributed by atoms with Crippen molar-refractivity contribution in [2.24, 2.45) is 11.3 Å². The predicted molar refractivity (Wildman–Crippen MR) is 74.1 cm³/mol. The molecule has 4 heteroatoms. The van der Waals surface area contributed by atoms with Crippen LogP contribution >= 0.6 is 0 Å². The summed E-state index contributed by atoms with van der Waals surface area (Å²) < 4.78 is 17.0. The Labute approximate surface area is 121 Å². The van der Waals surface area contributed by atoms with Crippen molar-refractivity contribution in [1.29, 1.82) is 0 Å². The number of rotatable bonds is 3. The van der Waals surface area contributed by atoms with Crippen LogP contribution in [0.2, 0.25) is 0 Å². The van der Waals surface area contributed by atoms with Gasteiger partial charge in [0.1, 0.15) is 0 Å². The van der Waals surface area contributed by atoms with Crippen molar-refractivity contribution < 1.29 is 19.0 Å². The number of hydrogen-bond acceptors (Lipinski definition) is 4. The SMILES string of the molecule is CCOC(=O)C1(C2CCCC2)CCC2(CC1)OCCO2. The van der Waals surface area contributed by atoms with Crippen LogP contribution in [0.4, 0.5) is 0 Å². The highest BCUT2D eigenvalue weighted by Gasteiger charge is 2.54. The van der Waals surface area contributed by atoms with E-state index in [2.05, 4.69) is 0 Å². The van der Waals surface area contributed by atoms with Crippen molar-refractivity contribution in [2.45, 2.75) is 64.1 Å². The lowest BCUT2D eigenvalue weighted by Crippen LogP contribution is -2.47. The van der Waals surface area contributed by atoms with Crippen molar-refractivity contribution in [3.8, 4) is 0 Å². The van der Waals surface area contributed by atoms with Crippen LogP contribution in [-0.2, 0) is 19.0 Å². The highest BCUT2D eigenvalue weighted by Crippen LogP contribution is 2.53. The molecule has 1 heterocycles. The Kier molecular flexibility index (Phi) is 4.04. The maximum Gasteiger partial charge on any atom is 0.312 e. The monoisotopic (exact) mass is 282 g/mol. The van der Waals surface area contributed by atoms with E-state index in [-0.39, 0.29) is 11.4 Å². The first-order valence-electron chi connectivity index (χ1n) is 8.16. The van der Waals surface area contributed by atoms with Gasteiger partial charge in [0.25, 0.3) is 0 Å². The van der Waals surface area contributed by atoms with Gasteiger partial charge in [-0.2, -0.15) is 0 Å². The average molecular weight is 282 g/mol. The molecule has 2 saturated carbocycles. The summed E-state index contributed by atoms with van der Waals surface area (Å²) >= 11 is 0. The van der Waals surface area contributed by atoms with Gasteiger partial charge in [-0.25, -0.2) is 0 Å². The highest BCUT2D eigenvalue weighted by atomic mass is 16.7. The molecule has 20 heavy (non-hydrogen) atoms. The molecule has 0 aromatic rings. The van der Waals surface area contributed by atoms with Crippen LogP contribution in [0, 0.1) is 11.3 Å². The van der Waals surface area contributed by atoms with Crippen LogP contribution in [0.1, 0.15) is 58.3 Å². The third-order valence-corrected chi connectivity index (χ3v) is 5.54. The van der Waals surface area contributed by atoms with E-state index < -0.39 is 5.79 Å². The molecule has 0 radical (unpaired) electrons. The van der Waals surface area contributed by atoms with Gasteiger partial charge in [0.05, 0.1) is 25.2 Å².